The Labute approximate surface area is 73.2 Å². The van der Waals surface area contributed by atoms with Crippen molar-refractivity contribution in [1.82, 2.24) is 0 Å². The zero-order chi connectivity index (χ0) is 10.6. The number of carbonyl (C=O) groups excluding carboxylic acids is 1. The number of carboxylic acids is 1. The first kappa shape index (κ1) is 11.8. The van der Waals surface area contributed by atoms with Crippen molar-refractivity contribution in [2.75, 3.05) is 6.61 Å². The maximum Gasteiger partial charge on any atom is 0.367 e. The number of esters is 1. The third kappa shape index (κ3) is 3.83. The summed E-state index contributed by atoms with van der Waals surface area (Å²) in [5.74, 6) is -5.86. The van der Waals surface area contributed by atoms with E-state index in [1.165, 1.54) is 0 Å². The summed E-state index contributed by atoms with van der Waals surface area (Å²) in [6, 6.07) is 0. The fourth-order valence-electron chi connectivity index (χ4n) is 0.407. The van der Waals surface area contributed by atoms with Crippen LogP contribution in [0.4, 0.5) is 0 Å². The molecule has 1 atom stereocenters. The summed E-state index contributed by atoms with van der Waals surface area (Å²) >= 11 is 0. The molecule has 0 aromatic heterocycles. The van der Waals surface area contributed by atoms with Crippen LogP contribution in [0.15, 0.2) is 0 Å². The molecule has 0 heterocycles. The first-order chi connectivity index (χ1) is 5.79. The quantitative estimate of drug-likeness (QED) is 0.292. The van der Waals surface area contributed by atoms with Gasteiger partial charge in [0.1, 0.15) is 0 Å². The van der Waals surface area contributed by atoms with Gasteiger partial charge in [-0.2, -0.15) is 0 Å². The molecule has 7 nitrogen and oxygen atoms in total. The van der Waals surface area contributed by atoms with E-state index in [9.17, 15) is 9.59 Å². The van der Waals surface area contributed by atoms with E-state index in [1.54, 1.807) is 0 Å². The number of hydrogen-bond donors (Lipinski definition) is 4. The number of ether oxygens (including phenoxy) is 1. The van der Waals surface area contributed by atoms with Crippen molar-refractivity contribution in [2.24, 2.45) is 0 Å². The van der Waals surface area contributed by atoms with Crippen LogP contribution in [0.2, 0.25) is 0 Å². The highest BCUT2D eigenvalue weighted by atomic mass is 16.6. The molecule has 0 spiro atoms. The summed E-state index contributed by atoms with van der Waals surface area (Å²) in [5, 5.41) is 33.9. The van der Waals surface area contributed by atoms with Gasteiger partial charge in [-0.25, -0.2) is 9.59 Å². The van der Waals surface area contributed by atoms with E-state index >= 15 is 0 Å². The predicted molar refractivity (Wildman–Crippen MR) is 37.4 cm³/mol. The minimum absolute atomic E-state index is 0.714. The van der Waals surface area contributed by atoms with E-state index in [1.807, 2.05) is 0 Å². The van der Waals surface area contributed by atoms with Crippen molar-refractivity contribution in [3.05, 3.63) is 0 Å². The van der Waals surface area contributed by atoms with Crippen LogP contribution in [-0.2, 0) is 14.3 Å². The van der Waals surface area contributed by atoms with Crippen molar-refractivity contribution in [3.8, 4) is 0 Å². The Morgan fingerprint density at radius 1 is 1.46 bits per heavy atom. The molecular weight excluding hydrogens is 184 g/mol. The second-order valence-corrected chi connectivity index (χ2v) is 2.44. The lowest BCUT2D eigenvalue weighted by molar-refractivity contribution is -0.211. The van der Waals surface area contributed by atoms with Gasteiger partial charge in [0, 0.05) is 6.92 Å². The van der Waals surface area contributed by atoms with E-state index in [-0.39, 0.29) is 0 Å². The highest BCUT2D eigenvalue weighted by molar-refractivity contribution is 5.81. The molecule has 0 aliphatic carbocycles. The van der Waals surface area contributed by atoms with E-state index < -0.39 is 30.4 Å². The van der Waals surface area contributed by atoms with E-state index in [0.717, 1.165) is 0 Å². The predicted octanol–water partition coefficient (Wildman–Crippen LogP) is -2.32. The highest BCUT2D eigenvalue weighted by Crippen LogP contribution is 2.03. The van der Waals surface area contributed by atoms with Crippen molar-refractivity contribution in [1.29, 1.82) is 0 Å². The standard InChI is InChI=1S/C6H10O7/c1-6(11,12)5(10)13-3(2-7)4(8)9/h3,7,11-12H,2H2,1H3,(H,8,9). The molecule has 0 aromatic rings. The van der Waals surface area contributed by atoms with Gasteiger partial charge in [0.25, 0.3) is 5.79 Å². The largest absolute Gasteiger partial charge is 0.478 e. The van der Waals surface area contributed by atoms with Gasteiger partial charge < -0.3 is 25.2 Å². The number of aliphatic hydroxyl groups excluding tert-OH is 1. The third-order valence-electron chi connectivity index (χ3n) is 1.08. The Kier molecular flexibility index (Phi) is 3.79. The molecule has 0 saturated carbocycles. The topological polar surface area (TPSA) is 124 Å². The smallest absolute Gasteiger partial charge is 0.367 e. The number of aliphatic hydroxyl groups is 3. The minimum Gasteiger partial charge on any atom is -0.478 e. The van der Waals surface area contributed by atoms with Crippen LogP contribution in [0.25, 0.3) is 0 Å². The molecule has 0 aliphatic heterocycles. The average molecular weight is 194 g/mol. The molecule has 0 saturated heterocycles. The van der Waals surface area contributed by atoms with Crippen molar-refractivity contribution >= 4 is 11.9 Å². The Hall–Kier alpha value is -1.18. The molecule has 76 valence electrons. The van der Waals surface area contributed by atoms with Gasteiger partial charge in [-0.05, 0) is 0 Å². The second kappa shape index (κ2) is 4.17. The second-order valence-electron chi connectivity index (χ2n) is 2.44. The molecule has 7 heteroatoms. The van der Waals surface area contributed by atoms with Crippen molar-refractivity contribution < 1.29 is 34.8 Å². The summed E-state index contributed by atoms with van der Waals surface area (Å²) in [6.45, 7) is -0.219. The Balaban J connectivity index is 4.26. The van der Waals surface area contributed by atoms with Gasteiger partial charge in [0.05, 0.1) is 6.61 Å². The first-order valence-corrected chi connectivity index (χ1v) is 3.28. The Morgan fingerprint density at radius 3 is 2.15 bits per heavy atom. The highest BCUT2D eigenvalue weighted by Gasteiger charge is 2.33. The maximum absolute atomic E-state index is 10.6. The van der Waals surface area contributed by atoms with Crippen LogP contribution in [0.5, 0.6) is 0 Å². The maximum atomic E-state index is 10.6. The first-order valence-electron chi connectivity index (χ1n) is 3.28. The van der Waals surface area contributed by atoms with Crippen LogP contribution < -0.4 is 0 Å². The molecule has 0 rings (SSSR count). The SMILES string of the molecule is CC(O)(O)C(=O)OC(CO)C(=O)O. The monoisotopic (exact) mass is 194 g/mol. The molecule has 0 aliphatic rings. The Morgan fingerprint density at radius 2 is 1.92 bits per heavy atom. The lowest BCUT2D eigenvalue weighted by atomic mass is 10.3. The lowest BCUT2D eigenvalue weighted by Crippen LogP contribution is -2.41. The van der Waals surface area contributed by atoms with Gasteiger partial charge in [0.2, 0.25) is 6.10 Å². The summed E-state index contributed by atoms with van der Waals surface area (Å²) < 4.78 is 4.04. The van der Waals surface area contributed by atoms with Crippen LogP contribution >= 0.6 is 0 Å². The van der Waals surface area contributed by atoms with E-state index in [4.69, 9.17) is 20.4 Å². The van der Waals surface area contributed by atoms with E-state index in [0.29, 0.717) is 6.92 Å². The van der Waals surface area contributed by atoms with Gasteiger partial charge >= 0.3 is 11.9 Å². The molecule has 1 unspecified atom stereocenters. The van der Waals surface area contributed by atoms with Crippen molar-refractivity contribution in [3.63, 3.8) is 0 Å². The number of carboxylic acid groups (broad SMARTS) is 1. The summed E-state index contributed by atoms with van der Waals surface area (Å²) in [6.07, 6.45) is -1.79. The van der Waals surface area contributed by atoms with Gasteiger partial charge in [-0.15, -0.1) is 0 Å². The van der Waals surface area contributed by atoms with Crippen LogP contribution in [0.1, 0.15) is 6.92 Å². The average Bonchev–Trinajstić information content (AvgIpc) is 1.96. The van der Waals surface area contributed by atoms with Crippen molar-refractivity contribution in [2.45, 2.75) is 18.8 Å². The van der Waals surface area contributed by atoms with Crippen LogP contribution in [0, 0.1) is 0 Å². The zero-order valence-corrected chi connectivity index (χ0v) is 6.80. The number of hydrogen-bond acceptors (Lipinski definition) is 6. The molecule has 4 N–H and O–H groups in total. The fraction of sp³-hybridized carbons (Fsp3) is 0.667. The van der Waals surface area contributed by atoms with Gasteiger partial charge in [-0.1, -0.05) is 0 Å². The van der Waals surface area contributed by atoms with Gasteiger partial charge in [-0.3, -0.25) is 0 Å². The Bertz CT molecular complexity index is 204. The number of aliphatic carboxylic acids is 1. The fourth-order valence-corrected chi connectivity index (χ4v) is 0.407. The molecular formula is C6H10O7. The molecule has 13 heavy (non-hydrogen) atoms. The molecule has 0 fully saturated rings. The van der Waals surface area contributed by atoms with Crippen LogP contribution in [-0.4, -0.2) is 50.9 Å². The van der Waals surface area contributed by atoms with Gasteiger partial charge in [0.15, 0.2) is 0 Å². The minimum atomic E-state index is -2.76. The third-order valence-corrected chi connectivity index (χ3v) is 1.08. The van der Waals surface area contributed by atoms with Crippen LogP contribution in [0.3, 0.4) is 0 Å². The number of rotatable bonds is 4. The normalized spacial score (nSPS) is 13.5. The molecule has 0 radical (unpaired) electrons. The molecule has 0 bridgehead atoms. The molecule has 0 amide bonds. The number of carbonyl (C=O) groups is 2. The summed E-state index contributed by atoms with van der Waals surface area (Å²) in [4.78, 5) is 20.8. The van der Waals surface area contributed by atoms with E-state index in [2.05, 4.69) is 4.74 Å². The lowest BCUT2D eigenvalue weighted by Gasteiger charge is -2.17. The zero-order valence-electron chi connectivity index (χ0n) is 6.80. The summed E-state index contributed by atoms with van der Waals surface area (Å²) in [7, 11) is 0. The summed E-state index contributed by atoms with van der Waals surface area (Å²) in [5.41, 5.74) is 0. The molecule has 0 aromatic carbocycles.